The first kappa shape index (κ1) is 13.9. The number of hydrogen-bond donors (Lipinski definition) is 3. The van der Waals surface area contributed by atoms with E-state index >= 15 is 0 Å². The summed E-state index contributed by atoms with van der Waals surface area (Å²) in [7, 11) is 0. The third-order valence-corrected chi connectivity index (χ3v) is 3.85. The zero-order valence-electron chi connectivity index (χ0n) is 12.0. The third-order valence-electron chi connectivity index (χ3n) is 3.85. The number of hydrogen-bond acceptors (Lipinski definition) is 4. The number of rotatable bonds is 5. The number of aromatic amines is 1. The lowest BCUT2D eigenvalue weighted by Gasteiger charge is -2.28. The van der Waals surface area contributed by atoms with E-state index in [-0.39, 0.29) is 12.2 Å². The number of nitrogens with one attached hydrogen (secondary N) is 2. The number of H-pyrrole nitrogens is 1. The van der Waals surface area contributed by atoms with Crippen LogP contribution in [0.2, 0.25) is 0 Å². The Labute approximate surface area is 124 Å². The van der Waals surface area contributed by atoms with Gasteiger partial charge in [0.15, 0.2) is 0 Å². The number of ether oxygens (including phenoxy) is 1. The zero-order valence-corrected chi connectivity index (χ0v) is 12.0. The smallest absolute Gasteiger partial charge is 0.124 e. The molecule has 2 aromatic rings. The average Bonchev–Trinajstić information content (AvgIpc) is 3.02. The summed E-state index contributed by atoms with van der Waals surface area (Å²) >= 11 is 0. The number of aromatic nitrogens is 2. The Morgan fingerprint density at radius 2 is 2.00 bits per heavy atom. The Kier molecular flexibility index (Phi) is 4.40. The standard InChI is InChI=1S/C16H21N3O2/c20-15-3-1-2-4-16(15)21-14-7-5-12(6-8-14)17-11-13-9-10-18-19-13/h5-10,15-17,20H,1-4,11H2,(H,18,19). The van der Waals surface area contributed by atoms with E-state index in [1.54, 1.807) is 6.20 Å². The van der Waals surface area contributed by atoms with Crippen LogP contribution in [0.15, 0.2) is 36.5 Å². The molecule has 112 valence electrons. The number of nitrogens with zero attached hydrogens (tertiary/aromatic N) is 1. The molecule has 0 saturated heterocycles. The summed E-state index contributed by atoms with van der Waals surface area (Å²) in [5.74, 6) is 0.813. The van der Waals surface area contributed by atoms with E-state index in [9.17, 15) is 5.11 Å². The summed E-state index contributed by atoms with van der Waals surface area (Å²) < 4.78 is 5.88. The molecule has 1 fully saturated rings. The van der Waals surface area contributed by atoms with Crippen molar-refractivity contribution in [3.05, 3.63) is 42.2 Å². The fourth-order valence-electron chi connectivity index (χ4n) is 2.62. The van der Waals surface area contributed by atoms with Gasteiger partial charge in [0, 0.05) is 11.9 Å². The van der Waals surface area contributed by atoms with Gasteiger partial charge >= 0.3 is 0 Å². The maximum Gasteiger partial charge on any atom is 0.124 e. The number of anilines is 1. The van der Waals surface area contributed by atoms with Crippen molar-refractivity contribution in [3.63, 3.8) is 0 Å². The predicted octanol–water partition coefficient (Wildman–Crippen LogP) is 2.70. The molecule has 0 radical (unpaired) electrons. The molecular formula is C16H21N3O2. The van der Waals surface area contributed by atoms with E-state index < -0.39 is 0 Å². The quantitative estimate of drug-likeness (QED) is 0.791. The first-order chi connectivity index (χ1) is 10.3. The molecule has 1 aromatic heterocycles. The van der Waals surface area contributed by atoms with Crippen LogP contribution in [-0.2, 0) is 6.54 Å². The highest BCUT2D eigenvalue weighted by atomic mass is 16.5. The molecule has 1 saturated carbocycles. The number of aliphatic hydroxyl groups is 1. The lowest BCUT2D eigenvalue weighted by Crippen LogP contribution is -2.34. The van der Waals surface area contributed by atoms with Gasteiger partial charge in [0.2, 0.25) is 0 Å². The van der Waals surface area contributed by atoms with Crippen LogP contribution in [-0.4, -0.2) is 27.5 Å². The molecule has 5 nitrogen and oxygen atoms in total. The molecule has 1 heterocycles. The summed E-state index contributed by atoms with van der Waals surface area (Å²) in [4.78, 5) is 0. The summed E-state index contributed by atoms with van der Waals surface area (Å²) in [5, 5.41) is 20.1. The van der Waals surface area contributed by atoms with Crippen molar-refractivity contribution in [2.45, 2.75) is 44.4 Å². The minimum Gasteiger partial charge on any atom is -0.488 e. The molecule has 1 aliphatic carbocycles. The zero-order chi connectivity index (χ0) is 14.5. The summed E-state index contributed by atoms with van der Waals surface area (Å²) in [5.41, 5.74) is 2.07. The van der Waals surface area contributed by atoms with Crippen LogP contribution in [0, 0.1) is 0 Å². The van der Waals surface area contributed by atoms with Crippen molar-refractivity contribution in [3.8, 4) is 5.75 Å². The highest BCUT2D eigenvalue weighted by molar-refractivity contribution is 5.46. The van der Waals surface area contributed by atoms with Crippen LogP contribution >= 0.6 is 0 Å². The highest BCUT2D eigenvalue weighted by Crippen LogP contribution is 2.24. The molecule has 1 aliphatic rings. The van der Waals surface area contributed by atoms with Gasteiger partial charge in [-0.15, -0.1) is 0 Å². The molecule has 0 spiro atoms. The minimum absolute atomic E-state index is 0.0671. The van der Waals surface area contributed by atoms with E-state index in [1.165, 1.54) is 0 Å². The highest BCUT2D eigenvalue weighted by Gasteiger charge is 2.24. The van der Waals surface area contributed by atoms with Gasteiger partial charge in [-0.1, -0.05) is 6.42 Å². The molecule has 3 rings (SSSR count). The second-order valence-corrected chi connectivity index (χ2v) is 5.47. The topological polar surface area (TPSA) is 70.2 Å². The van der Waals surface area contributed by atoms with Gasteiger partial charge in [-0.25, -0.2) is 0 Å². The summed E-state index contributed by atoms with van der Waals surface area (Å²) in [6.45, 7) is 0.710. The van der Waals surface area contributed by atoms with Crippen molar-refractivity contribution >= 4 is 5.69 Å². The molecule has 5 heteroatoms. The first-order valence-corrected chi connectivity index (χ1v) is 7.48. The Morgan fingerprint density at radius 3 is 2.71 bits per heavy atom. The lowest BCUT2D eigenvalue weighted by molar-refractivity contribution is 0.00688. The Hall–Kier alpha value is -2.01. The van der Waals surface area contributed by atoms with Crippen LogP contribution in [0.5, 0.6) is 5.75 Å². The van der Waals surface area contributed by atoms with Crippen molar-refractivity contribution in [2.24, 2.45) is 0 Å². The second-order valence-electron chi connectivity index (χ2n) is 5.47. The molecule has 21 heavy (non-hydrogen) atoms. The fourth-order valence-corrected chi connectivity index (χ4v) is 2.62. The van der Waals surface area contributed by atoms with Gasteiger partial charge in [-0.3, -0.25) is 5.10 Å². The van der Waals surface area contributed by atoms with Crippen molar-refractivity contribution in [1.82, 2.24) is 10.2 Å². The van der Waals surface area contributed by atoms with Crippen LogP contribution in [0.4, 0.5) is 5.69 Å². The third kappa shape index (κ3) is 3.76. The van der Waals surface area contributed by atoms with E-state index in [2.05, 4.69) is 15.5 Å². The van der Waals surface area contributed by atoms with Gasteiger partial charge in [-0.2, -0.15) is 5.10 Å². The lowest BCUT2D eigenvalue weighted by atomic mass is 9.95. The SMILES string of the molecule is OC1CCCCC1Oc1ccc(NCc2ccn[nH]2)cc1. The van der Waals surface area contributed by atoms with E-state index in [0.717, 1.165) is 42.8 Å². The van der Waals surface area contributed by atoms with E-state index in [0.29, 0.717) is 6.54 Å². The van der Waals surface area contributed by atoms with E-state index in [1.807, 2.05) is 30.3 Å². The van der Waals surface area contributed by atoms with Gasteiger partial charge in [0.1, 0.15) is 11.9 Å². The molecule has 0 bridgehead atoms. The molecule has 1 aromatic carbocycles. The largest absolute Gasteiger partial charge is 0.488 e. The van der Waals surface area contributed by atoms with Crippen LogP contribution in [0.3, 0.4) is 0 Å². The monoisotopic (exact) mass is 287 g/mol. The Bertz CT molecular complexity index is 539. The van der Waals surface area contributed by atoms with Crippen molar-refractivity contribution in [2.75, 3.05) is 5.32 Å². The Morgan fingerprint density at radius 1 is 1.19 bits per heavy atom. The molecular weight excluding hydrogens is 266 g/mol. The van der Waals surface area contributed by atoms with Crippen LogP contribution in [0.1, 0.15) is 31.4 Å². The van der Waals surface area contributed by atoms with Gasteiger partial charge in [-0.05, 0) is 49.6 Å². The molecule has 3 N–H and O–H groups in total. The maximum absolute atomic E-state index is 9.93. The molecule has 2 unspecified atom stereocenters. The normalized spacial score (nSPS) is 22.0. The first-order valence-electron chi connectivity index (χ1n) is 7.48. The minimum atomic E-state index is -0.336. The van der Waals surface area contributed by atoms with E-state index in [4.69, 9.17) is 4.74 Å². The van der Waals surface area contributed by atoms with Gasteiger partial charge in [0.05, 0.1) is 18.3 Å². The average molecular weight is 287 g/mol. The summed E-state index contributed by atoms with van der Waals surface area (Å²) in [6.07, 6.45) is 5.33. The fraction of sp³-hybridized carbons (Fsp3) is 0.438. The van der Waals surface area contributed by atoms with Crippen LogP contribution in [0.25, 0.3) is 0 Å². The van der Waals surface area contributed by atoms with Crippen molar-refractivity contribution in [1.29, 1.82) is 0 Å². The van der Waals surface area contributed by atoms with Crippen LogP contribution < -0.4 is 10.1 Å². The maximum atomic E-state index is 9.93. The van der Waals surface area contributed by atoms with Gasteiger partial charge < -0.3 is 15.2 Å². The number of benzene rings is 1. The molecule has 0 aliphatic heterocycles. The van der Waals surface area contributed by atoms with Crippen molar-refractivity contribution < 1.29 is 9.84 Å². The number of aliphatic hydroxyl groups excluding tert-OH is 1. The Balaban J connectivity index is 1.53. The predicted molar refractivity (Wildman–Crippen MR) is 81.2 cm³/mol. The summed E-state index contributed by atoms with van der Waals surface area (Å²) in [6, 6.07) is 9.80. The second kappa shape index (κ2) is 6.63. The molecule has 2 atom stereocenters. The molecule has 0 amide bonds. The van der Waals surface area contributed by atoms with Gasteiger partial charge in [0.25, 0.3) is 0 Å².